The highest BCUT2D eigenvalue weighted by molar-refractivity contribution is 6.21. The van der Waals surface area contributed by atoms with E-state index >= 15 is 0 Å². The Labute approximate surface area is 183 Å². The molecule has 0 saturated carbocycles. The highest BCUT2D eigenvalue weighted by Crippen LogP contribution is 2.39. The minimum Gasteiger partial charge on any atom is -0.493 e. The molecule has 0 aliphatic carbocycles. The van der Waals surface area contributed by atoms with Crippen molar-refractivity contribution in [2.75, 3.05) is 20.8 Å². The number of aromatic nitrogens is 2. The standard InChI is InChI=1S/C25H23N3O4/c1-4-5-12-26-24(29)17-13-16-14-8-6-7-9-18(14)28-22(16)21(27-17)15-10-11-19(31-2)23(32-3)20(15)25(28)30/h6-11,13H,4-5,12H2,1-3H3,(H,26,29). The smallest absolute Gasteiger partial charge is 0.269 e. The second-order valence-corrected chi connectivity index (χ2v) is 7.74. The molecule has 0 radical (unpaired) electrons. The van der Waals surface area contributed by atoms with Crippen molar-refractivity contribution in [3.8, 4) is 11.5 Å². The van der Waals surface area contributed by atoms with E-state index in [2.05, 4.69) is 12.2 Å². The van der Waals surface area contributed by atoms with Crippen LogP contribution in [0.25, 0.3) is 38.1 Å². The van der Waals surface area contributed by atoms with Crippen molar-refractivity contribution in [1.82, 2.24) is 14.7 Å². The Kier molecular flexibility index (Phi) is 4.81. The molecule has 162 valence electrons. The quantitative estimate of drug-likeness (QED) is 0.324. The highest BCUT2D eigenvalue weighted by Gasteiger charge is 2.23. The number of fused-ring (bicyclic) bond motifs is 5. The summed E-state index contributed by atoms with van der Waals surface area (Å²) in [7, 11) is 3.04. The number of hydrogen-bond acceptors (Lipinski definition) is 5. The minimum atomic E-state index is -0.229. The summed E-state index contributed by atoms with van der Waals surface area (Å²) in [5.74, 6) is 0.586. The first-order chi connectivity index (χ1) is 15.6. The molecule has 0 unspecified atom stereocenters. The van der Waals surface area contributed by atoms with E-state index in [-0.39, 0.29) is 11.5 Å². The van der Waals surface area contributed by atoms with E-state index in [1.54, 1.807) is 22.6 Å². The van der Waals surface area contributed by atoms with Crippen LogP contribution in [0.5, 0.6) is 11.5 Å². The average Bonchev–Trinajstić information content (AvgIpc) is 3.16. The van der Waals surface area contributed by atoms with Crippen molar-refractivity contribution >= 4 is 44.0 Å². The van der Waals surface area contributed by atoms with E-state index in [0.29, 0.717) is 45.5 Å². The summed E-state index contributed by atoms with van der Waals surface area (Å²) in [6.07, 6.45) is 1.89. The summed E-state index contributed by atoms with van der Waals surface area (Å²) in [6.45, 7) is 2.66. The summed E-state index contributed by atoms with van der Waals surface area (Å²) >= 11 is 0. The molecule has 3 heterocycles. The Morgan fingerprint density at radius 1 is 1.06 bits per heavy atom. The monoisotopic (exact) mass is 429 g/mol. The van der Waals surface area contributed by atoms with Crippen LogP contribution in [0, 0.1) is 0 Å². The topological polar surface area (TPSA) is 81.9 Å². The number of nitrogens with zero attached hydrogens (tertiary/aromatic N) is 2. The Morgan fingerprint density at radius 2 is 1.88 bits per heavy atom. The van der Waals surface area contributed by atoms with Gasteiger partial charge in [0.1, 0.15) is 5.69 Å². The summed E-state index contributed by atoms with van der Waals surface area (Å²) in [5.41, 5.74) is 2.14. The molecule has 5 aromatic rings. The second kappa shape index (κ2) is 7.67. The molecule has 0 aliphatic rings. The molecule has 1 N–H and O–H groups in total. The Hall–Kier alpha value is -3.87. The number of para-hydroxylation sites is 1. The second-order valence-electron chi connectivity index (χ2n) is 7.74. The summed E-state index contributed by atoms with van der Waals surface area (Å²) in [5, 5.41) is 5.65. The van der Waals surface area contributed by atoms with Crippen LogP contribution in [0.4, 0.5) is 0 Å². The average molecular weight is 429 g/mol. The Bertz CT molecular complexity index is 1550. The lowest BCUT2D eigenvalue weighted by molar-refractivity contribution is 0.0948. The van der Waals surface area contributed by atoms with Crippen molar-refractivity contribution in [2.45, 2.75) is 19.8 Å². The van der Waals surface area contributed by atoms with Crippen molar-refractivity contribution in [2.24, 2.45) is 0 Å². The lowest BCUT2D eigenvalue weighted by Crippen LogP contribution is -2.25. The lowest BCUT2D eigenvalue weighted by atomic mass is 10.1. The van der Waals surface area contributed by atoms with Gasteiger partial charge in [0, 0.05) is 22.7 Å². The summed E-state index contributed by atoms with van der Waals surface area (Å²) in [6, 6.07) is 13.0. The van der Waals surface area contributed by atoms with Crippen LogP contribution >= 0.6 is 0 Å². The summed E-state index contributed by atoms with van der Waals surface area (Å²) < 4.78 is 12.7. The van der Waals surface area contributed by atoms with Crippen molar-refractivity contribution < 1.29 is 14.3 Å². The van der Waals surface area contributed by atoms with Gasteiger partial charge < -0.3 is 14.8 Å². The first-order valence-electron chi connectivity index (χ1n) is 10.6. The zero-order valence-corrected chi connectivity index (χ0v) is 18.2. The van der Waals surface area contributed by atoms with Gasteiger partial charge in [-0.25, -0.2) is 4.98 Å². The molecule has 0 bridgehead atoms. The molecule has 0 atom stereocenters. The van der Waals surface area contributed by atoms with Crippen molar-refractivity contribution in [3.05, 3.63) is 58.5 Å². The van der Waals surface area contributed by atoms with Gasteiger partial charge in [-0.1, -0.05) is 31.5 Å². The number of nitrogens with one attached hydrogen (secondary N) is 1. The number of benzene rings is 2. The Morgan fingerprint density at radius 3 is 2.62 bits per heavy atom. The third-order valence-corrected chi connectivity index (χ3v) is 5.92. The van der Waals surface area contributed by atoms with Gasteiger partial charge in [0.05, 0.1) is 36.2 Å². The van der Waals surface area contributed by atoms with E-state index in [1.165, 1.54) is 14.2 Å². The molecule has 7 heteroatoms. The first kappa shape index (κ1) is 20.1. The van der Waals surface area contributed by atoms with Crippen LogP contribution in [-0.2, 0) is 0 Å². The molecule has 0 saturated heterocycles. The highest BCUT2D eigenvalue weighted by atomic mass is 16.5. The predicted molar refractivity (Wildman–Crippen MR) is 126 cm³/mol. The van der Waals surface area contributed by atoms with Gasteiger partial charge in [0.15, 0.2) is 11.5 Å². The largest absolute Gasteiger partial charge is 0.493 e. The van der Waals surface area contributed by atoms with Crippen LogP contribution < -0.4 is 20.3 Å². The van der Waals surface area contributed by atoms with E-state index in [4.69, 9.17) is 14.5 Å². The van der Waals surface area contributed by atoms with E-state index in [9.17, 15) is 9.59 Å². The summed E-state index contributed by atoms with van der Waals surface area (Å²) in [4.78, 5) is 31.4. The van der Waals surface area contributed by atoms with Crippen molar-refractivity contribution in [1.29, 1.82) is 0 Å². The Balaban J connectivity index is 1.96. The van der Waals surface area contributed by atoms with Crippen molar-refractivity contribution in [3.63, 3.8) is 0 Å². The molecule has 5 rings (SSSR count). The fourth-order valence-corrected chi connectivity index (χ4v) is 4.42. The molecular weight excluding hydrogens is 406 g/mol. The lowest BCUT2D eigenvalue weighted by Gasteiger charge is -2.13. The van der Waals surface area contributed by atoms with Crippen LogP contribution in [0.3, 0.4) is 0 Å². The van der Waals surface area contributed by atoms with Gasteiger partial charge in [0.25, 0.3) is 11.5 Å². The molecule has 3 aromatic heterocycles. The molecule has 32 heavy (non-hydrogen) atoms. The number of ether oxygens (including phenoxy) is 2. The maximum Gasteiger partial charge on any atom is 0.269 e. The van der Waals surface area contributed by atoms with Gasteiger partial charge in [-0.05, 0) is 30.7 Å². The third-order valence-electron chi connectivity index (χ3n) is 5.92. The normalized spacial score (nSPS) is 11.6. The van der Waals surface area contributed by atoms with Gasteiger partial charge in [-0.3, -0.25) is 14.0 Å². The molecule has 7 nitrogen and oxygen atoms in total. The molecular formula is C25H23N3O4. The maximum absolute atomic E-state index is 13.7. The molecule has 0 aliphatic heterocycles. The zero-order valence-electron chi connectivity index (χ0n) is 18.2. The van der Waals surface area contributed by atoms with Gasteiger partial charge in [0.2, 0.25) is 0 Å². The van der Waals surface area contributed by atoms with Crippen LogP contribution in [-0.4, -0.2) is 36.1 Å². The third kappa shape index (κ3) is 2.77. The first-order valence-corrected chi connectivity index (χ1v) is 10.6. The molecule has 0 fully saturated rings. The number of rotatable bonds is 6. The van der Waals surface area contributed by atoms with E-state index < -0.39 is 0 Å². The predicted octanol–water partition coefficient (Wildman–Crippen LogP) is 4.14. The number of amides is 1. The van der Waals surface area contributed by atoms with Gasteiger partial charge in [-0.15, -0.1) is 0 Å². The van der Waals surface area contributed by atoms with Crippen LogP contribution in [0.15, 0.2) is 47.3 Å². The minimum absolute atomic E-state index is 0.212. The van der Waals surface area contributed by atoms with E-state index in [0.717, 1.165) is 29.1 Å². The fraction of sp³-hybridized carbons (Fsp3) is 0.240. The number of carbonyl (C=O) groups is 1. The number of hydrogen-bond donors (Lipinski definition) is 1. The van der Waals surface area contributed by atoms with E-state index in [1.807, 2.05) is 24.3 Å². The van der Waals surface area contributed by atoms with Gasteiger partial charge >= 0.3 is 0 Å². The van der Waals surface area contributed by atoms with Crippen LogP contribution in [0.1, 0.15) is 30.3 Å². The number of carbonyl (C=O) groups excluding carboxylic acids is 1. The maximum atomic E-state index is 13.7. The molecule has 0 spiro atoms. The number of unbranched alkanes of at least 4 members (excludes halogenated alkanes) is 1. The number of methoxy groups -OCH3 is 2. The fourth-order valence-electron chi connectivity index (χ4n) is 4.42. The number of pyridine rings is 2. The molecule has 1 amide bonds. The SMILES string of the molecule is CCCCNC(=O)c1cc2c3ccccc3n3c(=O)c4c(OC)c(OC)ccc4c(n1)c23. The zero-order chi connectivity index (χ0) is 22.4. The molecule has 2 aromatic carbocycles. The van der Waals surface area contributed by atoms with Gasteiger partial charge in [-0.2, -0.15) is 0 Å². The van der Waals surface area contributed by atoms with Crippen LogP contribution in [0.2, 0.25) is 0 Å².